The summed E-state index contributed by atoms with van der Waals surface area (Å²) in [7, 11) is 0. The van der Waals surface area contributed by atoms with Crippen LogP contribution >= 0.6 is 0 Å². The number of hydrogen-bond acceptors (Lipinski definition) is 7. The fourth-order valence-electron chi connectivity index (χ4n) is 6.47. The third kappa shape index (κ3) is 22.2. The molecule has 1 heterocycles. The van der Waals surface area contributed by atoms with Gasteiger partial charge in [-0.25, -0.2) is 0 Å². The molecule has 46 heavy (non-hydrogen) atoms. The highest BCUT2D eigenvalue weighted by molar-refractivity contribution is 5.06. The molecular weight excluding hydrogens is 580 g/mol. The summed E-state index contributed by atoms with van der Waals surface area (Å²) in [5.41, 5.74) is 0.963. The zero-order valence-electron chi connectivity index (χ0n) is 30.3. The number of aliphatic hydroxyl groups is 5. The van der Waals surface area contributed by atoms with E-state index in [2.05, 4.69) is 20.8 Å². The summed E-state index contributed by atoms with van der Waals surface area (Å²) in [5.74, 6) is 0.824. The van der Waals surface area contributed by atoms with Gasteiger partial charge in [0.25, 0.3) is 0 Å². The van der Waals surface area contributed by atoms with Gasteiger partial charge in [-0.05, 0) is 30.8 Å². The third-order valence-corrected chi connectivity index (χ3v) is 9.59. The Morgan fingerprint density at radius 1 is 0.630 bits per heavy atom. The van der Waals surface area contributed by atoms with E-state index < -0.39 is 43.4 Å². The lowest BCUT2D eigenvalue weighted by molar-refractivity contribution is -0.299. The Balaban J connectivity index is 2.38. The van der Waals surface area contributed by atoms with Crippen molar-refractivity contribution < 1.29 is 35.0 Å². The molecule has 1 aliphatic rings. The molecule has 274 valence electrons. The lowest BCUT2D eigenvalue weighted by Crippen LogP contribution is -2.59. The normalized spacial score (nSPS) is 23.0. The zero-order valence-corrected chi connectivity index (χ0v) is 30.3. The van der Waals surface area contributed by atoms with E-state index in [0.717, 1.165) is 50.0 Å². The smallest absolute Gasteiger partial charge is 0.187 e. The first-order valence-corrected chi connectivity index (χ1v) is 19.6. The van der Waals surface area contributed by atoms with Crippen LogP contribution in [0.25, 0.3) is 0 Å². The van der Waals surface area contributed by atoms with Crippen LogP contribution in [0.5, 0.6) is 0 Å². The number of ether oxygens (including phenoxy) is 2. The van der Waals surface area contributed by atoms with Crippen LogP contribution in [0, 0.1) is 5.92 Å². The van der Waals surface area contributed by atoms with Gasteiger partial charge in [0.1, 0.15) is 24.4 Å². The predicted molar refractivity (Wildman–Crippen MR) is 190 cm³/mol. The van der Waals surface area contributed by atoms with Crippen molar-refractivity contribution in [3.63, 3.8) is 0 Å². The molecule has 1 fully saturated rings. The summed E-state index contributed by atoms with van der Waals surface area (Å²) in [4.78, 5) is 0. The van der Waals surface area contributed by atoms with Gasteiger partial charge in [-0.2, -0.15) is 0 Å². The van der Waals surface area contributed by atoms with Crippen molar-refractivity contribution in [1.82, 2.24) is 0 Å². The number of rotatable bonds is 31. The molecule has 0 saturated carbocycles. The quantitative estimate of drug-likeness (QED) is 0.0375. The number of hydrogen-bond donors (Lipinski definition) is 5. The van der Waals surface area contributed by atoms with Crippen molar-refractivity contribution in [2.24, 2.45) is 5.92 Å². The van der Waals surface area contributed by atoms with Crippen LogP contribution in [-0.2, 0) is 9.47 Å². The number of aliphatic hydroxyl groups excluding tert-OH is 5. The SMILES string of the molecule is CCCCCCCCCCCCCC/C(=C/[C@H](O)CCCCCCCCCCCCC(C)C)COC1OC(CO)[C@@H](O)[C@@H](O)[C@H]1O. The van der Waals surface area contributed by atoms with Crippen LogP contribution in [0.15, 0.2) is 11.6 Å². The van der Waals surface area contributed by atoms with Crippen LogP contribution in [0.4, 0.5) is 0 Å². The lowest BCUT2D eigenvalue weighted by atomic mass is 9.99. The third-order valence-electron chi connectivity index (χ3n) is 9.59. The molecule has 1 rings (SSSR count). The molecule has 0 spiro atoms. The number of unbranched alkanes of at least 4 members (excludes halogenated alkanes) is 20. The lowest BCUT2D eigenvalue weighted by Gasteiger charge is -2.39. The van der Waals surface area contributed by atoms with Gasteiger partial charge in [-0.15, -0.1) is 0 Å². The molecule has 1 aliphatic heterocycles. The molecule has 0 bridgehead atoms. The van der Waals surface area contributed by atoms with E-state index in [9.17, 15) is 25.5 Å². The molecule has 0 amide bonds. The van der Waals surface area contributed by atoms with Crippen molar-refractivity contribution in [3.05, 3.63) is 11.6 Å². The fraction of sp³-hybridized carbons (Fsp3) is 0.949. The molecule has 0 radical (unpaired) electrons. The average Bonchev–Trinajstić information content (AvgIpc) is 3.04. The molecule has 7 heteroatoms. The highest BCUT2D eigenvalue weighted by Crippen LogP contribution is 2.24. The molecule has 0 aromatic carbocycles. The van der Waals surface area contributed by atoms with Crippen molar-refractivity contribution >= 4 is 0 Å². The maximum Gasteiger partial charge on any atom is 0.187 e. The van der Waals surface area contributed by atoms with Crippen LogP contribution in [0.1, 0.15) is 181 Å². The fourth-order valence-corrected chi connectivity index (χ4v) is 6.47. The average molecular weight is 657 g/mol. The van der Waals surface area contributed by atoms with Crippen molar-refractivity contribution in [2.45, 2.75) is 218 Å². The molecular formula is C39H76O7. The summed E-state index contributed by atoms with van der Waals surface area (Å²) in [6.07, 6.45) is 25.9. The second kappa shape index (κ2) is 29.4. The second-order valence-electron chi connectivity index (χ2n) is 14.5. The maximum absolute atomic E-state index is 10.8. The van der Waals surface area contributed by atoms with E-state index in [4.69, 9.17) is 9.47 Å². The summed E-state index contributed by atoms with van der Waals surface area (Å²) in [6, 6.07) is 0. The minimum absolute atomic E-state index is 0.162. The molecule has 0 aliphatic carbocycles. The highest BCUT2D eigenvalue weighted by Gasteiger charge is 2.44. The Morgan fingerprint density at radius 3 is 1.57 bits per heavy atom. The van der Waals surface area contributed by atoms with E-state index in [-0.39, 0.29) is 6.61 Å². The maximum atomic E-state index is 10.8. The van der Waals surface area contributed by atoms with Gasteiger partial charge in [0.2, 0.25) is 0 Å². The Bertz CT molecular complexity index is 698. The molecule has 1 saturated heterocycles. The standard InChI is InChI=1S/C39H76O7/c1-4-5-6-7-8-9-10-11-15-18-21-24-27-33(31-45-39-38(44)37(43)36(42)35(30-40)46-39)29-34(41)28-25-22-19-16-13-12-14-17-20-23-26-32(2)3/h29,32,34-44H,4-28,30-31H2,1-3H3/b33-29-/t34-,35?,36-,37-,38-,39?/m1/s1. The van der Waals surface area contributed by atoms with E-state index >= 15 is 0 Å². The first-order chi connectivity index (χ1) is 22.3. The Kier molecular flexibility index (Phi) is 27.8. The van der Waals surface area contributed by atoms with Crippen LogP contribution in [0.3, 0.4) is 0 Å². The first kappa shape index (κ1) is 43.5. The minimum Gasteiger partial charge on any atom is -0.394 e. The van der Waals surface area contributed by atoms with Gasteiger partial charge in [0.15, 0.2) is 6.29 Å². The largest absolute Gasteiger partial charge is 0.394 e. The van der Waals surface area contributed by atoms with E-state index in [0.29, 0.717) is 0 Å². The Hall–Kier alpha value is -0.540. The molecule has 6 atom stereocenters. The van der Waals surface area contributed by atoms with E-state index in [1.807, 2.05) is 6.08 Å². The Labute approximate surface area is 283 Å². The second-order valence-corrected chi connectivity index (χ2v) is 14.5. The van der Waals surface area contributed by atoms with Gasteiger partial charge >= 0.3 is 0 Å². The predicted octanol–water partition coefficient (Wildman–Crippen LogP) is 8.52. The molecule has 2 unspecified atom stereocenters. The monoisotopic (exact) mass is 657 g/mol. The molecule has 0 aromatic heterocycles. The zero-order chi connectivity index (χ0) is 33.8. The van der Waals surface area contributed by atoms with Crippen molar-refractivity contribution in [2.75, 3.05) is 13.2 Å². The minimum atomic E-state index is -1.46. The van der Waals surface area contributed by atoms with Gasteiger partial charge in [0, 0.05) is 0 Å². The van der Waals surface area contributed by atoms with E-state index in [1.165, 1.54) is 122 Å². The van der Waals surface area contributed by atoms with E-state index in [1.54, 1.807) is 0 Å². The summed E-state index contributed by atoms with van der Waals surface area (Å²) in [6.45, 7) is 6.54. The van der Waals surface area contributed by atoms with Crippen molar-refractivity contribution in [3.8, 4) is 0 Å². The molecule has 0 aromatic rings. The summed E-state index contributed by atoms with van der Waals surface area (Å²) in [5, 5.41) is 50.9. The van der Waals surface area contributed by atoms with Gasteiger partial charge in [-0.1, -0.05) is 168 Å². The summed E-state index contributed by atoms with van der Waals surface area (Å²) < 4.78 is 11.4. The Morgan fingerprint density at radius 2 is 1.09 bits per heavy atom. The van der Waals surface area contributed by atoms with Gasteiger partial charge in [-0.3, -0.25) is 0 Å². The topological polar surface area (TPSA) is 120 Å². The van der Waals surface area contributed by atoms with Crippen molar-refractivity contribution in [1.29, 1.82) is 0 Å². The van der Waals surface area contributed by atoms with Gasteiger partial charge < -0.3 is 35.0 Å². The molecule has 7 nitrogen and oxygen atoms in total. The van der Waals surface area contributed by atoms with Crippen LogP contribution < -0.4 is 0 Å². The highest BCUT2D eigenvalue weighted by atomic mass is 16.7. The van der Waals surface area contributed by atoms with Crippen LogP contribution in [-0.4, -0.2) is 75.6 Å². The van der Waals surface area contributed by atoms with Crippen LogP contribution in [0.2, 0.25) is 0 Å². The molecule has 5 N–H and O–H groups in total. The van der Waals surface area contributed by atoms with Gasteiger partial charge in [0.05, 0.1) is 19.3 Å². The summed E-state index contributed by atoms with van der Waals surface area (Å²) >= 11 is 0. The first-order valence-electron chi connectivity index (χ1n) is 19.6.